The van der Waals surface area contributed by atoms with Gasteiger partial charge in [-0.3, -0.25) is 21.0 Å². The van der Waals surface area contributed by atoms with Crippen LogP contribution in [0.1, 0.15) is 0 Å². The molecule has 24 heavy (non-hydrogen) atoms. The van der Waals surface area contributed by atoms with E-state index in [-0.39, 0.29) is 17.4 Å². The van der Waals surface area contributed by atoms with Gasteiger partial charge in [-0.1, -0.05) is 36.4 Å². The number of ether oxygens (including phenoxy) is 1. The van der Waals surface area contributed by atoms with Gasteiger partial charge in [-0.2, -0.15) is 4.98 Å². The molecule has 0 atom stereocenters. The number of nitro groups is 1. The summed E-state index contributed by atoms with van der Waals surface area (Å²) >= 11 is 0. The number of nitrogens with zero attached hydrogens (tertiary/aromatic N) is 3. The highest BCUT2D eigenvalue weighted by Gasteiger charge is 2.25. The maximum absolute atomic E-state index is 11.4. The third kappa shape index (κ3) is 3.55. The van der Waals surface area contributed by atoms with E-state index in [1.54, 1.807) is 36.4 Å². The number of hydrogen-bond acceptors (Lipinski definition) is 7. The molecule has 8 nitrogen and oxygen atoms in total. The van der Waals surface area contributed by atoms with Crippen LogP contribution in [0.4, 0.5) is 17.2 Å². The zero-order valence-corrected chi connectivity index (χ0v) is 12.4. The maximum atomic E-state index is 11.4. The van der Waals surface area contributed by atoms with E-state index < -0.39 is 4.92 Å². The molecule has 0 spiro atoms. The van der Waals surface area contributed by atoms with Crippen LogP contribution in [-0.2, 0) is 0 Å². The van der Waals surface area contributed by atoms with Crippen molar-refractivity contribution in [1.82, 2.24) is 9.97 Å². The number of hydrogen-bond donors (Lipinski definition) is 2. The average molecular weight is 323 g/mol. The molecule has 0 unspecified atom stereocenters. The normalized spacial score (nSPS) is 10.0. The van der Waals surface area contributed by atoms with Gasteiger partial charge in [0.05, 0.1) is 10.6 Å². The van der Waals surface area contributed by atoms with Crippen LogP contribution >= 0.6 is 0 Å². The summed E-state index contributed by atoms with van der Waals surface area (Å²) < 4.78 is 5.50. The number of anilines is 2. The molecule has 3 aromatic rings. The molecule has 0 aliphatic rings. The van der Waals surface area contributed by atoms with Gasteiger partial charge in [0.1, 0.15) is 12.1 Å². The predicted molar refractivity (Wildman–Crippen MR) is 88.9 cm³/mol. The largest absolute Gasteiger partial charge is 0.434 e. The molecule has 8 heteroatoms. The molecule has 1 heterocycles. The molecule has 0 saturated heterocycles. The summed E-state index contributed by atoms with van der Waals surface area (Å²) in [4.78, 5) is 18.6. The van der Waals surface area contributed by atoms with Gasteiger partial charge in [0, 0.05) is 0 Å². The van der Waals surface area contributed by atoms with Crippen LogP contribution in [0.3, 0.4) is 0 Å². The van der Waals surface area contributed by atoms with Crippen LogP contribution < -0.4 is 15.6 Å². The first-order valence-electron chi connectivity index (χ1n) is 7.03. The first-order valence-corrected chi connectivity index (χ1v) is 7.03. The zero-order chi connectivity index (χ0) is 16.8. The Labute approximate surface area is 137 Å². The van der Waals surface area contributed by atoms with Crippen LogP contribution in [0.15, 0.2) is 67.0 Å². The summed E-state index contributed by atoms with van der Waals surface area (Å²) in [5.74, 6) is 0.310. The summed E-state index contributed by atoms with van der Waals surface area (Å²) in [5, 5.41) is 11.4. The molecule has 0 bridgehead atoms. The summed E-state index contributed by atoms with van der Waals surface area (Å²) in [7, 11) is 0. The van der Waals surface area contributed by atoms with Crippen LogP contribution in [-0.4, -0.2) is 14.9 Å². The fourth-order valence-electron chi connectivity index (χ4n) is 1.95. The molecular formula is C16H13N5O3. The van der Waals surface area contributed by atoms with Crippen molar-refractivity contribution in [3.8, 4) is 11.6 Å². The Morgan fingerprint density at radius 2 is 1.58 bits per heavy atom. The van der Waals surface area contributed by atoms with Gasteiger partial charge in [-0.15, -0.1) is 0 Å². The minimum atomic E-state index is -0.590. The van der Waals surface area contributed by atoms with Crippen molar-refractivity contribution < 1.29 is 9.66 Å². The average Bonchev–Trinajstić information content (AvgIpc) is 2.61. The van der Waals surface area contributed by atoms with Crippen LogP contribution in [0.5, 0.6) is 11.6 Å². The van der Waals surface area contributed by atoms with Gasteiger partial charge in [0.15, 0.2) is 0 Å². The number of benzene rings is 2. The minimum absolute atomic E-state index is 0.00443. The van der Waals surface area contributed by atoms with Gasteiger partial charge in [-0.25, -0.2) is 4.98 Å². The highest BCUT2D eigenvalue weighted by molar-refractivity contribution is 5.64. The van der Waals surface area contributed by atoms with E-state index in [1.165, 1.54) is 6.33 Å². The Morgan fingerprint density at radius 1 is 0.917 bits per heavy atom. The smallest absolute Gasteiger partial charge is 0.374 e. The van der Waals surface area contributed by atoms with Crippen molar-refractivity contribution in [2.45, 2.75) is 0 Å². The van der Waals surface area contributed by atoms with Crippen molar-refractivity contribution in [3.63, 3.8) is 0 Å². The lowest BCUT2D eigenvalue weighted by Gasteiger charge is -2.10. The lowest BCUT2D eigenvalue weighted by Crippen LogP contribution is -2.12. The monoisotopic (exact) mass is 323 g/mol. The molecule has 0 aliphatic heterocycles. The Kier molecular flexibility index (Phi) is 4.47. The van der Waals surface area contributed by atoms with E-state index in [1.807, 2.05) is 24.3 Å². The summed E-state index contributed by atoms with van der Waals surface area (Å²) in [6.45, 7) is 0. The van der Waals surface area contributed by atoms with Crippen molar-refractivity contribution in [1.29, 1.82) is 0 Å². The van der Waals surface area contributed by atoms with E-state index in [2.05, 4.69) is 20.8 Å². The van der Waals surface area contributed by atoms with Crippen LogP contribution in [0.25, 0.3) is 0 Å². The number of nitrogens with one attached hydrogen (secondary N) is 2. The van der Waals surface area contributed by atoms with Gasteiger partial charge in [0.2, 0.25) is 5.82 Å². The highest BCUT2D eigenvalue weighted by atomic mass is 16.6. The zero-order valence-electron chi connectivity index (χ0n) is 12.4. The molecule has 1 aromatic heterocycles. The summed E-state index contributed by atoms with van der Waals surface area (Å²) in [5.41, 5.74) is 5.94. The van der Waals surface area contributed by atoms with Crippen molar-refractivity contribution in [2.24, 2.45) is 0 Å². The van der Waals surface area contributed by atoms with E-state index in [4.69, 9.17) is 4.74 Å². The lowest BCUT2D eigenvalue weighted by atomic mass is 10.3. The Morgan fingerprint density at radius 3 is 2.25 bits per heavy atom. The first-order chi connectivity index (χ1) is 11.7. The molecule has 0 aliphatic carbocycles. The van der Waals surface area contributed by atoms with Crippen LogP contribution in [0.2, 0.25) is 0 Å². The van der Waals surface area contributed by atoms with Crippen LogP contribution in [0, 0.1) is 10.1 Å². The number of rotatable bonds is 6. The number of aromatic nitrogens is 2. The molecule has 2 aromatic carbocycles. The standard InChI is InChI=1S/C16H13N5O3/c22-21(23)14-15(20-19-12-7-3-1-4-8-12)17-11-18-16(14)24-13-9-5-2-6-10-13/h1-11,19H,(H,17,18,20). The van der Waals surface area contributed by atoms with Gasteiger partial charge >= 0.3 is 11.6 Å². The van der Waals surface area contributed by atoms with E-state index >= 15 is 0 Å². The molecule has 0 amide bonds. The van der Waals surface area contributed by atoms with E-state index in [9.17, 15) is 10.1 Å². The molecule has 0 fully saturated rings. The predicted octanol–water partition coefficient (Wildman–Crippen LogP) is 3.62. The lowest BCUT2D eigenvalue weighted by molar-refractivity contribution is -0.385. The Bertz CT molecular complexity index is 828. The second kappa shape index (κ2) is 7.05. The van der Waals surface area contributed by atoms with Crippen molar-refractivity contribution in [3.05, 3.63) is 77.1 Å². The second-order valence-electron chi connectivity index (χ2n) is 4.66. The summed E-state index contributed by atoms with van der Waals surface area (Å²) in [6.07, 6.45) is 1.19. The molecule has 0 radical (unpaired) electrons. The molecule has 120 valence electrons. The Balaban J connectivity index is 1.86. The van der Waals surface area contributed by atoms with Gasteiger partial charge in [-0.05, 0) is 24.3 Å². The minimum Gasteiger partial charge on any atom is -0.434 e. The topological polar surface area (TPSA) is 102 Å². The highest BCUT2D eigenvalue weighted by Crippen LogP contribution is 2.33. The maximum Gasteiger partial charge on any atom is 0.374 e. The second-order valence-corrected chi connectivity index (χ2v) is 4.66. The third-order valence-electron chi connectivity index (χ3n) is 3.03. The summed E-state index contributed by atoms with van der Waals surface area (Å²) in [6, 6.07) is 17.9. The number of hydrazine groups is 1. The fourth-order valence-corrected chi connectivity index (χ4v) is 1.95. The first kappa shape index (κ1) is 15.2. The quantitative estimate of drug-likeness (QED) is 0.527. The van der Waals surface area contributed by atoms with Crippen molar-refractivity contribution >= 4 is 17.2 Å². The molecule has 2 N–H and O–H groups in total. The van der Waals surface area contributed by atoms with Gasteiger partial charge < -0.3 is 4.74 Å². The van der Waals surface area contributed by atoms with Gasteiger partial charge in [0.25, 0.3) is 0 Å². The van der Waals surface area contributed by atoms with E-state index in [0.29, 0.717) is 5.75 Å². The van der Waals surface area contributed by atoms with E-state index in [0.717, 1.165) is 5.69 Å². The SMILES string of the molecule is O=[N+]([O-])c1c(NNc2ccccc2)ncnc1Oc1ccccc1. The Hall–Kier alpha value is -3.68. The fraction of sp³-hybridized carbons (Fsp3) is 0. The van der Waals surface area contributed by atoms with Crippen molar-refractivity contribution in [2.75, 3.05) is 10.9 Å². The molecule has 3 rings (SSSR count). The third-order valence-corrected chi connectivity index (χ3v) is 3.03. The number of para-hydroxylation sites is 2. The molecular weight excluding hydrogens is 310 g/mol. The molecule has 0 saturated carbocycles.